The number of amides is 2. The number of urea groups is 1. The second kappa shape index (κ2) is 7.56. The van der Waals surface area contributed by atoms with Gasteiger partial charge in [0.2, 0.25) is 0 Å². The predicted molar refractivity (Wildman–Crippen MR) is 91.1 cm³/mol. The van der Waals surface area contributed by atoms with E-state index < -0.39 is 24.0 Å². The van der Waals surface area contributed by atoms with Gasteiger partial charge < -0.3 is 24.8 Å². The molecule has 134 valence electrons. The minimum absolute atomic E-state index is 0.214. The Bertz CT molecular complexity index is 774. The van der Waals surface area contributed by atoms with E-state index in [1.807, 2.05) is 0 Å². The fraction of sp³-hybridized carbons (Fsp3) is 0.312. The van der Waals surface area contributed by atoms with Gasteiger partial charge in [0.1, 0.15) is 0 Å². The van der Waals surface area contributed by atoms with Crippen molar-refractivity contribution in [3.8, 4) is 11.5 Å². The SMILES string of the molecule is COC(=O)C1=C(C)NC(=O)N[C@H]1c1cc(OC)c(OC(C)=O)cc1Br. The minimum atomic E-state index is -0.768. The van der Waals surface area contributed by atoms with Crippen LogP contribution in [0.25, 0.3) is 0 Å². The maximum absolute atomic E-state index is 12.2. The molecule has 1 aromatic rings. The van der Waals surface area contributed by atoms with Gasteiger partial charge in [0.05, 0.1) is 25.8 Å². The van der Waals surface area contributed by atoms with Crippen LogP contribution in [0.4, 0.5) is 4.79 Å². The van der Waals surface area contributed by atoms with Gasteiger partial charge in [-0.3, -0.25) is 4.79 Å². The molecule has 2 rings (SSSR count). The zero-order valence-electron chi connectivity index (χ0n) is 14.1. The second-order valence-electron chi connectivity index (χ2n) is 5.18. The summed E-state index contributed by atoms with van der Waals surface area (Å²) in [5.41, 5.74) is 1.18. The van der Waals surface area contributed by atoms with E-state index in [2.05, 4.69) is 26.6 Å². The van der Waals surface area contributed by atoms with Crippen LogP contribution in [0.5, 0.6) is 11.5 Å². The van der Waals surface area contributed by atoms with Crippen molar-refractivity contribution in [3.63, 3.8) is 0 Å². The van der Waals surface area contributed by atoms with Crippen LogP contribution >= 0.6 is 15.9 Å². The largest absolute Gasteiger partial charge is 0.493 e. The number of halogens is 1. The van der Waals surface area contributed by atoms with Gasteiger partial charge >= 0.3 is 18.0 Å². The molecule has 1 heterocycles. The molecule has 0 spiro atoms. The predicted octanol–water partition coefficient (Wildman–Crippen LogP) is 2.18. The lowest BCUT2D eigenvalue weighted by atomic mass is 9.95. The molecule has 0 unspecified atom stereocenters. The van der Waals surface area contributed by atoms with Gasteiger partial charge in [-0.1, -0.05) is 15.9 Å². The van der Waals surface area contributed by atoms with Crippen LogP contribution in [0.3, 0.4) is 0 Å². The van der Waals surface area contributed by atoms with E-state index in [-0.39, 0.29) is 17.1 Å². The third-order valence-corrected chi connectivity index (χ3v) is 4.21. The summed E-state index contributed by atoms with van der Waals surface area (Å²) in [6, 6.07) is 1.89. The van der Waals surface area contributed by atoms with E-state index >= 15 is 0 Å². The first-order chi connectivity index (χ1) is 11.8. The van der Waals surface area contributed by atoms with Crippen molar-refractivity contribution in [2.75, 3.05) is 14.2 Å². The van der Waals surface area contributed by atoms with Gasteiger partial charge in [-0.25, -0.2) is 9.59 Å². The number of rotatable bonds is 4. The van der Waals surface area contributed by atoms with Gasteiger partial charge in [0.15, 0.2) is 11.5 Å². The van der Waals surface area contributed by atoms with Crippen molar-refractivity contribution in [1.29, 1.82) is 0 Å². The van der Waals surface area contributed by atoms with Crippen LogP contribution < -0.4 is 20.1 Å². The van der Waals surface area contributed by atoms with Gasteiger partial charge in [0, 0.05) is 17.1 Å². The van der Waals surface area contributed by atoms with E-state index in [9.17, 15) is 14.4 Å². The Kier molecular flexibility index (Phi) is 5.68. The molecule has 0 saturated heterocycles. The van der Waals surface area contributed by atoms with E-state index in [1.165, 1.54) is 27.2 Å². The fourth-order valence-corrected chi connectivity index (χ4v) is 3.03. The highest BCUT2D eigenvalue weighted by molar-refractivity contribution is 9.10. The minimum Gasteiger partial charge on any atom is -0.493 e. The lowest BCUT2D eigenvalue weighted by molar-refractivity contribution is -0.136. The number of esters is 2. The van der Waals surface area contributed by atoms with Crippen molar-refractivity contribution >= 4 is 33.9 Å². The maximum atomic E-state index is 12.2. The molecule has 1 aliphatic heterocycles. The molecular formula is C16H17BrN2O6. The summed E-state index contributed by atoms with van der Waals surface area (Å²) in [6.07, 6.45) is 0. The lowest BCUT2D eigenvalue weighted by Gasteiger charge is -2.29. The van der Waals surface area contributed by atoms with E-state index in [4.69, 9.17) is 14.2 Å². The van der Waals surface area contributed by atoms with Crippen LogP contribution in [0.2, 0.25) is 0 Å². The first-order valence-corrected chi connectivity index (χ1v) is 8.00. The molecule has 9 heteroatoms. The Hall–Kier alpha value is -2.55. The van der Waals surface area contributed by atoms with Gasteiger partial charge in [-0.05, 0) is 24.6 Å². The van der Waals surface area contributed by atoms with Crippen molar-refractivity contribution in [3.05, 3.63) is 33.4 Å². The molecular weight excluding hydrogens is 396 g/mol. The van der Waals surface area contributed by atoms with Crippen molar-refractivity contribution in [2.45, 2.75) is 19.9 Å². The summed E-state index contributed by atoms with van der Waals surface area (Å²) in [5.74, 6) is -0.585. The molecule has 0 aromatic heterocycles. The summed E-state index contributed by atoms with van der Waals surface area (Å²) >= 11 is 3.38. The number of nitrogens with one attached hydrogen (secondary N) is 2. The van der Waals surface area contributed by atoms with Crippen LogP contribution in [0.1, 0.15) is 25.5 Å². The summed E-state index contributed by atoms with van der Waals surface area (Å²) < 4.78 is 15.7. The molecule has 0 fully saturated rings. The summed E-state index contributed by atoms with van der Waals surface area (Å²) in [4.78, 5) is 35.2. The molecule has 0 bridgehead atoms. The first kappa shape index (κ1) is 18.8. The molecule has 2 N–H and O–H groups in total. The van der Waals surface area contributed by atoms with Crippen molar-refractivity contribution < 1.29 is 28.6 Å². The monoisotopic (exact) mass is 412 g/mol. The topological polar surface area (TPSA) is 103 Å². The van der Waals surface area contributed by atoms with Crippen LogP contribution in [-0.4, -0.2) is 32.2 Å². The third kappa shape index (κ3) is 3.93. The number of carbonyl (C=O) groups is 3. The standard InChI is InChI=1S/C16H17BrN2O6/c1-7-13(15(21)24-4)14(19-16(22)18-7)9-5-11(23-3)12(6-10(9)17)25-8(2)20/h5-6,14H,1-4H3,(H2,18,19,22)/t14-/m0/s1. The molecule has 2 amide bonds. The summed E-state index contributed by atoms with van der Waals surface area (Å²) in [6.45, 7) is 2.88. The van der Waals surface area contributed by atoms with E-state index in [1.54, 1.807) is 13.0 Å². The van der Waals surface area contributed by atoms with Crippen molar-refractivity contribution in [2.24, 2.45) is 0 Å². The molecule has 0 radical (unpaired) electrons. The molecule has 1 aliphatic rings. The van der Waals surface area contributed by atoms with Crippen LogP contribution in [0.15, 0.2) is 27.9 Å². The Morgan fingerprint density at radius 2 is 1.88 bits per heavy atom. The second-order valence-corrected chi connectivity index (χ2v) is 6.03. The van der Waals surface area contributed by atoms with E-state index in [0.29, 0.717) is 15.7 Å². The number of carbonyl (C=O) groups excluding carboxylic acids is 3. The molecule has 0 saturated carbocycles. The molecule has 1 atom stereocenters. The smallest absolute Gasteiger partial charge is 0.337 e. The van der Waals surface area contributed by atoms with Gasteiger partial charge in [0.25, 0.3) is 0 Å². The summed E-state index contributed by atoms with van der Waals surface area (Å²) in [7, 11) is 2.68. The maximum Gasteiger partial charge on any atom is 0.337 e. The van der Waals surface area contributed by atoms with Crippen LogP contribution in [0, 0.1) is 0 Å². The Morgan fingerprint density at radius 3 is 2.44 bits per heavy atom. The third-order valence-electron chi connectivity index (χ3n) is 3.52. The fourth-order valence-electron chi connectivity index (χ4n) is 2.47. The highest BCUT2D eigenvalue weighted by Crippen LogP contribution is 2.39. The quantitative estimate of drug-likeness (QED) is 0.580. The number of hydrogen-bond donors (Lipinski definition) is 2. The Balaban J connectivity index is 2.58. The summed E-state index contributed by atoms with van der Waals surface area (Å²) in [5, 5.41) is 5.22. The molecule has 1 aromatic carbocycles. The number of allylic oxidation sites excluding steroid dienone is 1. The van der Waals surface area contributed by atoms with Gasteiger partial charge in [-0.2, -0.15) is 0 Å². The highest BCUT2D eigenvalue weighted by Gasteiger charge is 2.33. The zero-order valence-corrected chi connectivity index (χ0v) is 15.6. The number of methoxy groups -OCH3 is 2. The number of hydrogen-bond acceptors (Lipinski definition) is 6. The Labute approximate surface area is 152 Å². The molecule has 0 aliphatic carbocycles. The van der Waals surface area contributed by atoms with E-state index in [0.717, 1.165) is 0 Å². The average Bonchev–Trinajstić information content (AvgIpc) is 2.53. The zero-order chi connectivity index (χ0) is 18.7. The normalized spacial score (nSPS) is 16.7. The first-order valence-electron chi connectivity index (χ1n) is 7.21. The highest BCUT2D eigenvalue weighted by atomic mass is 79.9. The lowest BCUT2D eigenvalue weighted by Crippen LogP contribution is -2.45. The number of benzene rings is 1. The van der Waals surface area contributed by atoms with Crippen LogP contribution in [-0.2, 0) is 14.3 Å². The van der Waals surface area contributed by atoms with Gasteiger partial charge in [-0.15, -0.1) is 0 Å². The Morgan fingerprint density at radius 1 is 1.20 bits per heavy atom. The molecule has 8 nitrogen and oxygen atoms in total. The molecule has 25 heavy (non-hydrogen) atoms. The average molecular weight is 413 g/mol. The number of ether oxygens (including phenoxy) is 3. The van der Waals surface area contributed by atoms with Crippen molar-refractivity contribution in [1.82, 2.24) is 10.6 Å².